The lowest BCUT2D eigenvalue weighted by Gasteiger charge is -2.26. The summed E-state index contributed by atoms with van der Waals surface area (Å²) in [5.74, 6) is 1.78. The molecule has 0 saturated carbocycles. The zero-order valence-electron chi connectivity index (χ0n) is 15.5. The van der Waals surface area contributed by atoms with Gasteiger partial charge in [0.1, 0.15) is 5.75 Å². The van der Waals surface area contributed by atoms with E-state index in [1.807, 2.05) is 6.07 Å². The van der Waals surface area contributed by atoms with E-state index < -0.39 is 0 Å². The molecule has 7 heteroatoms. The van der Waals surface area contributed by atoms with Crippen LogP contribution in [0.3, 0.4) is 0 Å². The van der Waals surface area contributed by atoms with Crippen LogP contribution in [-0.2, 0) is 11.2 Å². The molecule has 0 radical (unpaired) electrons. The van der Waals surface area contributed by atoms with Crippen molar-refractivity contribution in [2.75, 3.05) is 60.1 Å². The standard InChI is InChI=1S/C18H30N4O2.HI/c1-15-4-5-17(23-3)16(14-15)6-7-20-18(19-2)21-8-9-22-10-12-24-13-11-22;/h4-5,14H,6-13H2,1-3H3,(H2,19,20,21);1H. The molecule has 1 aromatic carbocycles. The lowest BCUT2D eigenvalue weighted by molar-refractivity contribution is 0.0389. The molecule has 0 atom stereocenters. The average molecular weight is 462 g/mol. The third-order valence-corrected chi connectivity index (χ3v) is 4.17. The number of methoxy groups -OCH3 is 1. The molecule has 0 aromatic heterocycles. The van der Waals surface area contributed by atoms with Gasteiger partial charge < -0.3 is 20.1 Å². The summed E-state index contributed by atoms with van der Waals surface area (Å²) in [6, 6.07) is 6.27. The predicted octanol–water partition coefficient (Wildman–Crippen LogP) is 1.66. The van der Waals surface area contributed by atoms with Gasteiger partial charge in [0, 0.05) is 39.8 Å². The van der Waals surface area contributed by atoms with Crippen LogP contribution in [0.5, 0.6) is 5.75 Å². The molecule has 0 unspecified atom stereocenters. The van der Waals surface area contributed by atoms with E-state index in [0.29, 0.717) is 0 Å². The largest absolute Gasteiger partial charge is 0.496 e. The number of rotatable bonds is 7. The first-order valence-corrected chi connectivity index (χ1v) is 8.61. The van der Waals surface area contributed by atoms with Gasteiger partial charge in [-0.3, -0.25) is 9.89 Å². The van der Waals surface area contributed by atoms with Gasteiger partial charge in [-0.15, -0.1) is 24.0 Å². The number of ether oxygens (including phenoxy) is 2. The third-order valence-electron chi connectivity index (χ3n) is 4.17. The quantitative estimate of drug-likeness (QED) is 0.367. The van der Waals surface area contributed by atoms with Crippen molar-refractivity contribution in [3.8, 4) is 5.75 Å². The summed E-state index contributed by atoms with van der Waals surface area (Å²) in [6.07, 6.45) is 0.898. The molecule has 1 fully saturated rings. The molecular weight excluding hydrogens is 431 g/mol. The summed E-state index contributed by atoms with van der Waals surface area (Å²) in [7, 11) is 3.52. The van der Waals surface area contributed by atoms with Gasteiger partial charge in [0.25, 0.3) is 0 Å². The van der Waals surface area contributed by atoms with Crippen LogP contribution in [0, 0.1) is 6.92 Å². The number of nitrogens with zero attached hydrogens (tertiary/aromatic N) is 2. The van der Waals surface area contributed by atoms with Crippen molar-refractivity contribution in [1.82, 2.24) is 15.5 Å². The molecule has 142 valence electrons. The zero-order chi connectivity index (χ0) is 17.2. The van der Waals surface area contributed by atoms with Gasteiger partial charge in [-0.25, -0.2) is 0 Å². The first-order valence-electron chi connectivity index (χ1n) is 8.61. The highest BCUT2D eigenvalue weighted by Gasteiger charge is 2.09. The molecule has 1 aliphatic heterocycles. The minimum atomic E-state index is 0. The normalized spacial score (nSPS) is 15.4. The summed E-state index contributed by atoms with van der Waals surface area (Å²) in [4.78, 5) is 6.69. The molecule has 1 aromatic rings. The summed E-state index contributed by atoms with van der Waals surface area (Å²) >= 11 is 0. The fraction of sp³-hybridized carbons (Fsp3) is 0.611. The highest BCUT2D eigenvalue weighted by molar-refractivity contribution is 14.0. The van der Waals surface area contributed by atoms with Gasteiger partial charge in [0.15, 0.2) is 5.96 Å². The maximum absolute atomic E-state index is 5.43. The summed E-state index contributed by atoms with van der Waals surface area (Å²) in [5.41, 5.74) is 2.47. The van der Waals surface area contributed by atoms with Crippen LogP contribution >= 0.6 is 24.0 Å². The second-order valence-corrected chi connectivity index (χ2v) is 5.95. The van der Waals surface area contributed by atoms with Crippen LogP contribution in [0.1, 0.15) is 11.1 Å². The van der Waals surface area contributed by atoms with Crippen molar-refractivity contribution in [3.63, 3.8) is 0 Å². The Morgan fingerprint density at radius 1 is 1.24 bits per heavy atom. The fourth-order valence-corrected chi connectivity index (χ4v) is 2.80. The molecule has 2 N–H and O–H groups in total. The number of halogens is 1. The van der Waals surface area contributed by atoms with Gasteiger partial charge in [-0.05, 0) is 25.0 Å². The average Bonchev–Trinajstić information content (AvgIpc) is 2.61. The highest BCUT2D eigenvalue weighted by Crippen LogP contribution is 2.19. The van der Waals surface area contributed by atoms with Gasteiger partial charge in [0.2, 0.25) is 0 Å². The second-order valence-electron chi connectivity index (χ2n) is 5.95. The van der Waals surface area contributed by atoms with E-state index >= 15 is 0 Å². The van der Waals surface area contributed by atoms with Crippen LogP contribution in [0.25, 0.3) is 0 Å². The third kappa shape index (κ3) is 7.79. The Bertz CT molecular complexity index is 534. The number of guanidine groups is 1. The Balaban J connectivity index is 0.00000312. The molecule has 0 amide bonds. The zero-order valence-corrected chi connectivity index (χ0v) is 17.8. The highest BCUT2D eigenvalue weighted by atomic mass is 127. The Labute approximate surface area is 168 Å². The molecule has 1 heterocycles. The van der Waals surface area contributed by atoms with Crippen LogP contribution in [-0.4, -0.2) is 71.0 Å². The molecular formula is C18H31IN4O2. The van der Waals surface area contributed by atoms with Crippen LogP contribution in [0.4, 0.5) is 0 Å². The van der Waals surface area contributed by atoms with Crippen molar-refractivity contribution < 1.29 is 9.47 Å². The van der Waals surface area contributed by atoms with Crippen molar-refractivity contribution in [1.29, 1.82) is 0 Å². The van der Waals surface area contributed by atoms with E-state index in [1.165, 1.54) is 11.1 Å². The smallest absolute Gasteiger partial charge is 0.191 e. The molecule has 2 rings (SSSR count). The summed E-state index contributed by atoms with van der Waals surface area (Å²) in [6.45, 7) is 8.51. The van der Waals surface area contributed by atoms with E-state index in [1.54, 1.807) is 14.2 Å². The number of morpholine rings is 1. The minimum absolute atomic E-state index is 0. The van der Waals surface area contributed by atoms with Crippen LogP contribution in [0.15, 0.2) is 23.2 Å². The van der Waals surface area contributed by atoms with Gasteiger partial charge in [-0.2, -0.15) is 0 Å². The van der Waals surface area contributed by atoms with Gasteiger partial charge in [-0.1, -0.05) is 17.7 Å². The monoisotopic (exact) mass is 462 g/mol. The number of hydrogen-bond acceptors (Lipinski definition) is 4. The topological polar surface area (TPSA) is 58.1 Å². The minimum Gasteiger partial charge on any atom is -0.496 e. The Morgan fingerprint density at radius 3 is 2.64 bits per heavy atom. The lowest BCUT2D eigenvalue weighted by Crippen LogP contribution is -2.44. The second kappa shape index (κ2) is 12.3. The van der Waals surface area contributed by atoms with Gasteiger partial charge >= 0.3 is 0 Å². The fourth-order valence-electron chi connectivity index (χ4n) is 2.80. The predicted molar refractivity (Wildman–Crippen MR) is 113 cm³/mol. The molecule has 0 bridgehead atoms. The molecule has 25 heavy (non-hydrogen) atoms. The Hall–Kier alpha value is -1.06. The van der Waals surface area contributed by atoms with E-state index in [4.69, 9.17) is 9.47 Å². The van der Waals surface area contributed by atoms with Crippen molar-refractivity contribution in [2.24, 2.45) is 4.99 Å². The number of aliphatic imine (C=N–C) groups is 1. The van der Waals surface area contributed by atoms with Crippen molar-refractivity contribution in [2.45, 2.75) is 13.3 Å². The molecule has 1 aliphatic rings. The number of benzene rings is 1. The van der Waals surface area contributed by atoms with Crippen LogP contribution in [0.2, 0.25) is 0 Å². The lowest BCUT2D eigenvalue weighted by atomic mass is 10.1. The van der Waals surface area contributed by atoms with Gasteiger partial charge in [0.05, 0.1) is 20.3 Å². The summed E-state index contributed by atoms with van der Waals surface area (Å²) in [5, 5.41) is 6.73. The van der Waals surface area contributed by atoms with E-state index in [-0.39, 0.29) is 24.0 Å². The number of hydrogen-bond donors (Lipinski definition) is 2. The van der Waals surface area contributed by atoms with E-state index in [2.05, 4.69) is 39.6 Å². The Morgan fingerprint density at radius 2 is 1.96 bits per heavy atom. The molecule has 1 saturated heterocycles. The molecule has 0 spiro atoms. The SMILES string of the molecule is CN=C(NCCc1cc(C)ccc1OC)NCCN1CCOCC1.I. The maximum atomic E-state index is 5.43. The molecule has 0 aliphatic carbocycles. The first kappa shape index (κ1) is 22.0. The number of nitrogens with one attached hydrogen (secondary N) is 2. The number of aryl methyl sites for hydroxylation is 1. The van der Waals surface area contributed by atoms with Crippen molar-refractivity contribution in [3.05, 3.63) is 29.3 Å². The van der Waals surface area contributed by atoms with Crippen molar-refractivity contribution >= 4 is 29.9 Å². The van der Waals surface area contributed by atoms with Crippen LogP contribution < -0.4 is 15.4 Å². The first-order chi connectivity index (χ1) is 11.7. The Kier molecular flexibility index (Phi) is 10.8. The molecule has 6 nitrogen and oxygen atoms in total. The maximum Gasteiger partial charge on any atom is 0.191 e. The summed E-state index contributed by atoms with van der Waals surface area (Å²) < 4.78 is 10.8. The van der Waals surface area contributed by atoms with E-state index in [0.717, 1.165) is 64.1 Å². The van der Waals surface area contributed by atoms with E-state index in [9.17, 15) is 0 Å².